The maximum absolute atomic E-state index is 11.1. The summed E-state index contributed by atoms with van der Waals surface area (Å²) in [6.45, 7) is 0. The maximum Gasteiger partial charge on any atom is 0.303 e. The highest BCUT2D eigenvalue weighted by Gasteiger charge is 2.34. The summed E-state index contributed by atoms with van der Waals surface area (Å²) >= 11 is 3.54. The molecule has 3 nitrogen and oxygen atoms in total. The van der Waals surface area contributed by atoms with Crippen LogP contribution in [0.1, 0.15) is 30.7 Å². The smallest absolute Gasteiger partial charge is 0.303 e. The SMILES string of the molecule is O=C(O)CC(c1cccc2[nH]cc(Br)c12)C1CC1. The van der Waals surface area contributed by atoms with Crippen molar-refractivity contribution in [3.05, 3.63) is 34.4 Å². The van der Waals surface area contributed by atoms with E-state index in [9.17, 15) is 4.79 Å². The summed E-state index contributed by atoms with van der Waals surface area (Å²) in [7, 11) is 0. The number of carboxylic acid groups (broad SMARTS) is 1. The molecule has 94 valence electrons. The molecule has 1 heterocycles. The quantitative estimate of drug-likeness (QED) is 0.900. The molecule has 18 heavy (non-hydrogen) atoms. The molecule has 2 aromatic rings. The third-order valence-corrected chi connectivity index (χ3v) is 4.30. The molecule has 0 aliphatic heterocycles. The third-order valence-electron chi connectivity index (χ3n) is 3.67. The third kappa shape index (κ3) is 2.05. The van der Waals surface area contributed by atoms with Gasteiger partial charge in [-0.15, -0.1) is 0 Å². The zero-order valence-corrected chi connectivity index (χ0v) is 11.4. The monoisotopic (exact) mass is 307 g/mol. The van der Waals surface area contributed by atoms with Gasteiger partial charge in [0.05, 0.1) is 6.42 Å². The highest BCUT2D eigenvalue weighted by Crippen LogP contribution is 2.47. The average molecular weight is 308 g/mol. The Morgan fingerprint density at radius 2 is 2.28 bits per heavy atom. The number of fused-ring (bicyclic) bond motifs is 1. The number of H-pyrrole nitrogens is 1. The van der Waals surface area contributed by atoms with Crippen molar-refractivity contribution in [1.29, 1.82) is 0 Å². The fraction of sp³-hybridized carbons (Fsp3) is 0.357. The first-order chi connectivity index (χ1) is 8.66. The number of aromatic amines is 1. The first kappa shape index (κ1) is 11.8. The van der Waals surface area contributed by atoms with Gasteiger partial charge < -0.3 is 10.1 Å². The molecule has 1 unspecified atom stereocenters. The first-order valence-corrected chi connectivity index (χ1v) is 6.93. The molecular weight excluding hydrogens is 294 g/mol. The summed E-state index contributed by atoms with van der Waals surface area (Å²) in [5.41, 5.74) is 2.22. The minimum absolute atomic E-state index is 0.137. The number of carboxylic acids is 1. The van der Waals surface area contributed by atoms with E-state index in [0.717, 1.165) is 33.8 Å². The molecule has 0 bridgehead atoms. The van der Waals surface area contributed by atoms with Crippen LogP contribution in [0.15, 0.2) is 28.9 Å². The summed E-state index contributed by atoms with van der Waals surface area (Å²) in [6.07, 6.45) is 4.44. The van der Waals surface area contributed by atoms with E-state index in [1.54, 1.807) is 0 Å². The Morgan fingerprint density at radius 3 is 2.94 bits per heavy atom. The Labute approximate surface area is 113 Å². The minimum atomic E-state index is -0.712. The highest BCUT2D eigenvalue weighted by atomic mass is 79.9. The van der Waals surface area contributed by atoms with Gasteiger partial charge in [-0.1, -0.05) is 12.1 Å². The molecule has 0 spiro atoms. The lowest BCUT2D eigenvalue weighted by Crippen LogP contribution is -2.08. The average Bonchev–Trinajstić information content (AvgIpc) is 3.11. The van der Waals surface area contributed by atoms with Crippen molar-refractivity contribution in [3.63, 3.8) is 0 Å². The van der Waals surface area contributed by atoms with Crippen LogP contribution in [0.25, 0.3) is 10.9 Å². The number of benzene rings is 1. The van der Waals surface area contributed by atoms with Crippen molar-refractivity contribution in [3.8, 4) is 0 Å². The van der Waals surface area contributed by atoms with Gasteiger partial charge in [-0.3, -0.25) is 4.79 Å². The lowest BCUT2D eigenvalue weighted by Gasteiger charge is -2.16. The normalized spacial score (nSPS) is 16.9. The first-order valence-electron chi connectivity index (χ1n) is 6.14. The fourth-order valence-electron chi connectivity index (χ4n) is 2.70. The van der Waals surface area contributed by atoms with E-state index in [1.165, 1.54) is 0 Å². The molecular formula is C14H14BrNO2. The molecule has 4 heteroatoms. The van der Waals surface area contributed by atoms with Crippen molar-refractivity contribution >= 4 is 32.8 Å². The van der Waals surface area contributed by atoms with Gasteiger partial charge in [0.2, 0.25) is 0 Å². The fourth-order valence-corrected chi connectivity index (χ4v) is 3.25. The van der Waals surface area contributed by atoms with Crippen LogP contribution in [0.4, 0.5) is 0 Å². The van der Waals surface area contributed by atoms with Gasteiger partial charge >= 0.3 is 5.97 Å². The van der Waals surface area contributed by atoms with Crippen LogP contribution < -0.4 is 0 Å². The molecule has 1 atom stereocenters. The van der Waals surface area contributed by atoms with E-state index < -0.39 is 5.97 Å². The number of halogens is 1. The van der Waals surface area contributed by atoms with Gasteiger partial charge in [0, 0.05) is 21.6 Å². The van der Waals surface area contributed by atoms with Crippen LogP contribution in [0.3, 0.4) is 0 Å². The van der Waals surface area contributed by atoms with Crippen LogP contribution >= 0.6 is 15.9 Å². The second-order valence-corrected chi connectivity index (χ2v) is 5.80. The summed E-state index contributed by atoms with van der Waals surface area (Å²) in [6, 6.07) is 6.08. The second kappa shape index (κ2) is 4.43. The predicted molar refractivity (Wildman–Crippen MR) is 73.7 cm³/mol. The molecule has 1 aliphatic rings. The number of aromatic nitrogens is 1. The van der Waals surface area contributed by atoms with Gasteiger partial charge in [0.15, 0.2) is 0 Å². The van der Waals surface area contributed by atoms with Crippen LogP contribution in [0.5, 0.6) is 0 Å². The van der Waals surface area contributed by atoms with E-state index >= 15 is 0 Å². The second-order valence-electron chi connectivity index (χ2n) is 4.95. The Hall–Kier alpha value is -1.29. The van der Waals surface area contributed by atoms with E-state index in [2.05, 4.69) is 27.0 Å². The Morgan fingerprint density at radius 1 is 1.50 bits per heavy atom. The lowest BCUT2D eigenvalue weighted by atomic mass is 9.89. The maximum atomic E-state index is 11.1. The van der Waals surface area contributed by atoms with Gasteiger partial charge in [0.25, 0.3) is 0 Å². The minimum Gasteiger partial charge on any atom is -0.481 e. The lowest BCUT2D eigenvalue weighted by molar-refractivity contribution is -0.137. The summed E-state index contributed by atoms with van der Waals surface area (Å²) in [4.78, 5) is 14.3. The predicted octanol–water partition coefficient (Wildman–Crippen LogP) is 3.90. The number of carbonyl (C=O) groups is 1. The molecule has 1 aromatic carbocycles. The Kier molecular flexibility index (Phi) is 2.90. The van der Waals surface area contributed by atoms with Crippen LogP contribution in [-0.2, 0) is 4.79 Å². The van der Waals surface area contributed by atoms with Crippen LogP contribution in [0.2, 0.25) is 0 Å². The number of hydrogen-bond acceptors (Lipinski definition) is 1. The van der Waals surface area contributed by atoms with E-state index in [0.29, 0.717) is 5.92 Å². The summed E-state index contributed by atoms with van der Waals surface area (Å²) in [5.74, 6) is -0.0395. The molecule has 3 rings (SSSR count). The van der Waals surface area contributed by atoms with E-state index in [1.807, 2.05) is 18.3 Å². The molecule has 1 aromatic heterocycles. The Balaban J connectivity index is 2.10. The zero-order chi connectivity index (χ0) is 12.7. The highest BCUT2D eigenvalue weighted by molar-refractivity contribution is 9.10. The number of hydrogen-bond donors (Lipinski definition) is 2. The van der Waals surface area contributed by atoms with Gasteiger partial charge in [-0.2, -0.15) is 0 Å². The van der Waals surface area contributed by atoms with Crippen molar-refractivity contribution in [1.82, 2.24) is 4.98 Å². The Bertz CT molecular complexity index is 601. The van der Waals surface area contributed by atoms with Crippen molar-refractivity contribution < 1.29 is 9.90 Å². The number of aliphatic carboxylic acids is 1. The topological polar surface area (TPSA) is 53.1 Å². The van der Waals surface area contributed by atoms with Crippen molar-refractivity contribution in [2.24, 2.45) is 5.92 Å². The number of rotatable bonds is 4. The molecule has 0 amide bonds. The van der Waals surface area contributed by atoms with Crippen molar-refractivity contribution in [2.75, 3.05) is 0 Å². The van der Waals surface area contributed by atoms with Crippen LogP contribution in [0, 0.1) is 5.92 Å². The van der Waals surface area contributed by atoms with Gasteiger partial charge in [0.1, 0.15) is 0 Å². The summed E-state index contributed by atoms with van der Waals surface area (Å²) < 4.78 is 1.02. The van der Waals surface area contributed by atoms with Crippen LogP contribution in [-0.4, -0.2) is 16.1 Å². The molecule has 1 saturated carbocycles. The summed E-state index contributed by atoms with van der Waals surface area (Å²) in [5, 5.41) is 10.2. The standard InChI is InChI=1S/C14H14BrNO2/c15-11-7-16-12-3-1-2-9(14(11)12)10(6-13(17)18)8-4-5-8/h1-3,7-8,10,16H,4-6H2,(H,17,18). The zero-order valence-electron chi connectivity index (χ0n) is 9.82. The van der Waals surface area contributed by atoms with Gasteiger partial charge in [-0.05, 0) is 52.2 Å². The molecule has 0 radical (unpaired) electrons. The van der Waals surface area contributed by atoms with E-state index in [-0.39, 0.29) is 12.3 Å². The molecule has 2 N–H and O–H groups in total. The van der Waals surface area contributed by atoms with Crippen molar-refractivity contribution in [2.45, 2.75) is 25.2 Å². The van der Waals surface area contributed by atoms with E-state index in [4.69, 9.17) is 5.11 Å². The largest absolute Gasteiger partial charge is 0.481 e. The molecule has 1 fully saturated rings. The number of nitrogens with one attached hydrogen (secondary N) is 1. The molecule has 0 saturated heterocycles. The molecule has 1 aliphatic carbocycles. The van der Waals surface area contributed by atoms with Gasteiger partial charge in [-0.25, -0.2) is 0 Å².